The van der Waals surface area contributed by atoms with E-state index in [9.17, 15) is 4.79 Å². The lowest BCUT2D eigenvalue weighted by Crippen LogP contribution is -2.36. The molecule has 0 unspecified atom stereocenters. The molecule has 1 aromatic heterocycles. The number of hydrogen-bond donors (Lipinski definition) is 1. The van der Waals surface area contributed by atoms with E-state index in [1.165, 1.54) is 18.2 Å². The van der Waals surface area contributed by atoms with E-state index in [4.69, 9.17) is 9.72 Å². The number of hydrogen-bond acceptors (Lipinski definition) is 4. The number of likely N-dealkylation sites (tertiary alicyclic amines) is 1. The van der Waals surface area contributed by atoms with Gasteiger partial charge in [0.15, 0.2) is 0 Å². The number of esters is 1. The van der Waals surface area contributed by atoms with E-state index in [0.717, 1.165) is 49.3 Å². The monoisotopic (exact) mass is 301 g/mol. The highest BCUT2D eigenvalue weighted by molar-refractivity contribution is 5.77. The van der Waals surface area contributed by atoms with E-state index in [1.54, 1.807) is 0 Å². The van der Waals surface area contributed by atoms with E-state index in [-0.39, 0.29) is 11.9 Å². The van der Waals surface area contributed by atoms with Crippen molar-refractivity contribution in [2.75, 3.05) is 20.2 Å². The molecule has 3 rings (SSSR count). The van der Waals surface area contributed by atoms with Gasteiger partial charge in [-0.25, -0.2) is 4.98 Å². The zero-order chi connectivity index (χ0) is 15.7. The quantitative estimate of drug-likeness (QED) is 0.885. The van der Waals surface area contributed by atoms with E-state index < -0.39 is 0 Å². The molecule has 0 atom stereocenters. The number of nitrogens with one attached hydrogen (secondary N) is 1. The molecule has 22 heavy (non-hydrogen) atoms. The van der Waals surface area contributed by atoms with Crippen molar-refractivity contribution in [2.24, 2.45) is 5.92 Å². The van der Waals surface area contributed by atoms with Gasteiger partial charge in [-0.05, 0) is 63.0 Å². The maximum Gasteiger partial charge on any atom is 0.308 e. The van der Waals surface area contributed by atoms with Gasteiger partial charge in [0, 0.05) is 0 Å². The number of rotatable bonds is 3. The second-order valence-electron chi connectivity index (χ2n) is 6.21. The Balaban J connectivity index is 1.66. The van der Waals surface area contributed by atoms with Crippen molar-refractivity contribution in [3.8, 4) is 0 Å². The fraction of sp³-hybridized carbons (Fsp3) is 0.529. The van der Waals surface area contributed by atoms with Gasteiger partial charge in [-0.1, -0.05) is 0 Å². The topological polar surface area (TPSA) is 58.2 Å². The fourth-order valence-corrected chi connectivity index (χ4v) is 3.10. The lowest BCUT2D eigenvalue weighted by molar-refractivity contribution is -0.147. The van der Waals surface area contributed by atoms with Gasteiger partial charge < -0.3 is 9.72 Å². The second kappa shape index (κ2) is 6.08. The van der Waals surface area contributed by atoms with Gasteiger partial charge in [0.25, 0.3) is 0 Å². The minimum Gasteiger partial charge on any atom is -0.469 e. The molecule has 1 saturated heterocycles. The molecule has 0 saturated carbocycles. The molecule has 5 nitrogen and oxygen atoms in total. The molecule has 0 aliphatic carbocycles. The summed E-state index contributed by atoms with van der Waals surface area (Å²) in [5, 5.41) is 0. The molecule has 1 aliphatic rings. The van der Waals surface area contributed by atoms with E-state index in [1.807, 2.05) is 0 Å². The second-order valence-corrected chi connectivity index (χ2v) is 6.21. The zero-order valence-electron chi connectivity index (χ0n) is 13.5. The van der Waals surface area contributed by atoms with Crippen molar-refractivity contribution < 1.29 is 9.53 Å². The van der Waals surface area contributed by atoms with Gasteiger partial charge >= 0.3 is 5.97 Å². The number of nitrogens with zero attached hydrogens (tertiary/aromatic N) is 2. The third-order valence-corrected chi connectivity index (χ3v) is 4.64. The number of aryl methyl sites for hydroxylation is 2. The summed E-state index contributed by atoms with van der Waals surface area (Å²) in [5.41, 5.74) is 4.68. The molecular formula is C17H23N3O2. The number of H-pyrrole nitrogens is 1. The van der Waals surface area contributed by atoms with Gasteiger partial charge in [-0.3, -0.25) is 9.69 Å². The number of imidazole rings is 1. The van der Waals surface area contributed by atoms with Crippen LogP contribution in [0.1, 0.15) is 29.8 Å². The summed E-state index contributed by atoms with van der Waals surface area (Å²) >= 11 is 0. The summed E-state index contributed by atoms with van der Waals surface area (Å²) in [7, 11) is 1.47. The van der Waals surface area contributed by atoms with Crippen molar-refractivity contribution in [1.29, 1.82) is 0 Å². The first-order chi connectivity index (χ1) is 10.6. The molecule has 1 N–H and O–H groups in total. The highest BCUT2D eigenvalue weighted by atomic mass is 16.5. The largest absolute Gasteiger partial charge is 0.469 e. The number of aromatic amines is 1. The first kappa shape index (κ1) is 15.0. The number of ether oxygens (including phenoxy) is 1. The first-order valence-electron chi connectivity index (χ1n) is 7.83. The first-order valence-corrected chi connectivity index (χ1v) is 7.83. The lowest BCUT2D eigenvalue weighted by Gasteiger charge is -2.29. The highest BCUT2D eigenvalue weighted by Crippen LogP contribution is 2.21. The Morgan fingerprint density at radius 3 is 2.68 bits per heavy atom. The Morgan fingerprint density at radius 1 is 1.32 bits per heavy atom. The lowest BCUT2D eigenvalue weighted by atomic mass is 9.97. The van der Waals surface area contributed by atoms with Crippen LogP contribution in [0.5, 0.6) is 0 Å². The van der Waals surface area contributed by atoms with Crippen LogP contribution in [0.25, 0.3) is 11.0 Å². The van der Waals surface area contributed by atoms with Gasteiger partial charge in [0.1, 0.15) is 5.82 Å². The SMILES string of the molecule is COC(=O)C1CCN(Cc2nc3cc(C)c(C)cc3[nH]2)CC1. The average Bonchev–Trinajstić information content (AvgIpc) is 2.89. The van der Waals surface area contributed by atoms with Crippen LogP contribution in [0, 0.1) is 19.8 Å². The van der Waals surface area contributed by atoms with Crippen molar-refractivity contribution in [3.63, 3.8) is 0 Å². The summed E-state index contributed by atoms with van der Waals surface area (Å²) in [4.78, 5) is 22.0. The predicted octanol–water partition coefficient (Wildman–Crippen LogP) is 2.56. The minimum absolute atomic E-state index is 0.0576. The Kier molecular flexibility index (Phi) is 4.16. The van der Waals surface area contributed by atoms with Gasteiger partial charge in [-0.2, -0.15) is 0 Å². The predicted molar refractivity (Wildman–Crippen MR) is 85.6 cm³/mol. The van der Waals surface area contributed by atoms with Crippen LogP contribution in [0.15, 0.2) is 12.1 Å². The fourth-order valence-electron chi connectivity index (χ4n) is 3.10. The molecule has 118 valence electrons. The van der Waals surface area contributed by atoms with Crippen molar-refractivity contribution in [2.45, 2.75) is 33.2 Å². The van der Waals surface area contributed by atoms with Gasteiger partial charge in [-0.15, -0.1) is 0 Å². The summed E-state index contributed by atoms with van der Waals surface area (Å²) in [6.07, 6.45) is 1.73. The standard InChI is InChI=1S/C17H23N3O2/c1-11-8-14-15(9-12(11)2)19-16(18-14)10-20-6-4-13(5-7-20)17(21)22-3/h8-9,13H,4-7,10H2,1-3H3,(H,18,19). The van der Waals surface area contributed by atoms with Crippen molar-refractivity contribution in [1.82, 2.24) is 14.9 Å². The number of methoxy groups -OCH3 is 1. The summed E-state index contributed by atoms with van der Waals surface area (Å²) < 4.78 is 4.83. The average molecular weight is 301 g/mol. The minimum atomic E-state index is -0.0747. The van der Waals surface area contributed by atoms with Crippen LogP contribution in [-0.2, 0) is 16.1 Å². The van der Waals surface area contributed by atoms with Crippen LogP contribution in [0.3, 0.4) is 0 Å². The smallest absolute Gasteiger partial charge is 0.308 e. The van der Waals surface area contributed by atoms with E-state index in [0.29, 0.717) is 0 Å². The maximum absolute atomic E-state index is 11.6. The third-order valence-electron chi connectivity index (χ3n) is 4.64. The summed E-state index contributed by atoms with van der Waals surface area (Å²) in [6.45, 7) is 6.86. The van der Waals surface area contributed by atoms with Gasteiger partial charge in [0.05, 0.1) is 30.6 Å². The van der Waals surface area contributed by atoms with Crippen molar-refractivity contribution >= 4 is 17.0 Å². The Hall–Kier alpha value is -1.88. The number of aromatic nitrogens is 2. The van der Waals surface area contributed by atoms with Gasteiger partial charge in [0.2, 0.25) is 0 Å². The number of carbonyl (C=O) groups is 1. The summed E-state index contributed by atoms with van der Waals surface area (Å²) in [5.74, 6) is 0.980. The third kappa shape index (κ3) is 2.99. The molecule has 1 fully saturated rings. The molecule has 1 aliphatic heterocycles. The molecule has 0 bridgehead atoms. The number of piperidine rings is 1. The van der Waals surface area contributed by atoms with E-state index in [2.05, 4.69) is 35.9 Å². The molecule has 0 spiro atoms. The normalized spacial score (nSPS) is 17.0. The molecule has 1 aromatic carbocycles. The van der Waals surface area contributed by atoms with Crippen LogP contribution in [0.4, 0.5) is 0 Å². The molecule has 5 heteroatoms. The maximum atomic E-state index is 11.6. The Morgan fingerprint density at radius 2 is 2.00 bits per heavy atom. The molecular weight excluding hydrogens is 278 g/mol. The highest BCUT2D eigenvalue weighted by Gasteiger charge is 2.25. The number of benzene rings is 1. The van der Waals surface area contributed by atoms with Crippen LogP contribution in [0.2, 0.25) is 0 Å². The summed E-state index contributed by atoms with van der Waals surface area (Å²) in [6, 6.07) is 4.29. The number of fused-ring (bicyclic) bond motifs is 1. The molecule has 2 aromatic rings. The molecule has 2 heterocycles. The van der Waals surface area contributed by atoms with E-state index >= 15 is 0 Å². The Labute approximate surface area is 130 Å². The van der Waals surface area contributed by atoms with Crippen LogP contribution in [-0.4, -0.2) is 41.0 Å². The zero-order valence-corrected chi connectivity index (χ0v) is 13.5. The molecule has 0 radical (unpaired) electrons. The Bertz CT molecular complexity index is 646. The van der Waals surface area contributed by atoms with Crippen LogP contribution < -0.4 is 0 Å². The van der Waals surface area contributed by atoms with Crippen molar-refractivity contribution in [3.05, 3.63) is 29.1 Å². The number of carbonyl (C=O) groups excluding carboxylic acids is 1. The molecule has 0 amide bonds. The van der Waals surface area contributed by atoms with Crippen LogP contribution >= 0.6 is 0 Å².